The van der Waals surface area contributed by atoms with Crippen LogP contribution in [-0.4, -0.2) is 31.0 Å². The number of rotatable bonds is 3. The van der Waals surface area contributed by atoms with Gasteiger partial charge in [-0.3, -0.25) is 0 Å². The Labute approximate surface area is 112 Å². The van der Waals surface area contributed by atoms with E-state index in [1.165, 1.54) is 12.1 Å². The van der Waals surface area contributed by atoms with Gasteiger partial charge in [-0.15, -0.1) is 0 Å². The molecule has 1 aliphatic rings. The quantitative estimate of drug-likeness (QED) is 0.847. The summed E-state index contributed by atoms with van der Waals surface area (Å²) in [5.41, 5.74) is 1.31. The number of hydrogen-bond acceptors (Lipinski definition) is 3. The smallest absolute Gasteiger partial charge is 0.124 e. The maximum atomic E-state index is 13.4. The molecule has 1 aromatic carbocycles. The van der Waals surface area contributed by atoms with E-state index in [0.29, 0.717) is 12.2 Å². The van der Waals surface area contributed by atoms with Crippen LogP contribution in [0.25, 0.3) is 0 Å². The maximum absolute atomic E-state index is 13.4. The average molecular weight is 264 g/mol. The van der Waals surface area contributed by atoms with E-state index in [2.05, 4.69) is 11.8 Å². The van der Waals surface area contributed by atoms with E-state index in [-0.39, 0.29) is 18.5 Å². The molecule has 0 saturated carbocycles. The van der Waals surface area contributed by atoms with Crippen molar-refractivity contribution in [1.82, 2.24) is 0 Å². The molecule has 0 spiro atoms. The molecule has 102 valence electrons. The number of ether oxygens (including phenoxy) is 2. The Kier molecular flexibility index (Phi) is 5.34. The van der Waals surface area contributed by atoms with Crippen LogP contribution in [0.4, 0.5) is 4.39 Å². The van der Waals surface area contributed by atoms with Crippen LogP contribution in [0, 0.1) is 17.7 Å². The van der Waals surface area contributed by atoms with E-state index < -0.39 is 0 Å². The van der Waals surface area contributed by atoms with Crippen molar-refractivity contribution >= 4 is 0 Å². The molecule has 0 aromatic heterocycles. The lowest BCUT2D eigenvalue weighted by Crippen LogP contribution is -2.23. The van der Waals surface area contributed by atoms with Crippen molar-refractivity contribution in [3.63, 3.8) is 0 Å². The molecule has 0 atom stereocenters. The Balaban J connectivity index is 1.97. The third-order valence-electron chi connectivity index (χ3n) is 2.92. The SMILES string of the molecule is OCC#Cc1cc(F)cc(COC2CCOCC2)c1. The number of hydrogen-bond donors (Lipinski definition) is 1. The Morgan fingerprint density at radius 2 is 2.11 bits per heavy atom. The van der Waals surface area contributed by atoms with Crippen LogP contribution in [-0.2, 0) is 16.1 Å². The molecule has 0 unspecified atom stereocenters. The molecule has 2 rings (SSSR count). The second-order valence-corrected chi connectivity index (χ2v) is 4.43. The minimum absolute atomic E-state index is 0.184. The zero-order chi connectivity index (χ0) is 13.5. The van der Waals surface area contributed by atoms with Gasteiger partial charge < -0.3 is 14.6 Å². The van der Waals surface area contributed by atoms with E-state index in [9.17, 15) is 4.39 Å². The third kappa shape index (κ3) is 4.64. The highest BCUT2D eigenvalue weighted by Crippen LogP contribution is 2.15. The number of aliphatic hydroxyl groups is 1. The molecule has 19 heavy (non-hydrogen) atoms. The van der Waals surface area contributed by atoms with Gasteiger partial charge in [0.05, 0.1) is 12.7 Å². The summed E-state index contributed by atoms with van der Waals surface area (Å²) < 4.78 is 24.4. The molecule has 1 aromatic rings. The fraction of sp³-hybridized carbons (Fsp3) is 0.467. The van der Waals surface area contributed by atoms with Gasteiger partial charge in [0.1, 0.15) is 12.4 Å². The van der Waals surface area contributed by atoms with Gasteiger partial charge in [-0.2, -0.15) is 0 Å². The van der Waals surface area contributed by atoms with Crippen molar-refractivity contribution in [2.24, 2.45) is 0 Å². The molecule has 1 aliphatic heterocycles. The second-order valence-electron chi connectivity index (χ2n) is 4.43. The molecule has 0 aliphatic carbocycles. The van der Waals surface area contributed by atoms with Gasteiger partial charge in [0.2, 0.25) is 0 Å². The fourth-order valence-electron chi connectivity index (χ4n) is 2.00. The first-order chi connectivity index (χ1) is 9.28. The molecule has 4 heteroatoms. The summed E-state index contributed by atoms with van der Waals surface area (Å²) in [7, 11) is 0. The number of aliphatic hydroxyl groups excluding tert-OH is 1. The van der Waals surface area contributed by atoms with E-state index in [1.807, 2.05) is 0 Å². The summed E-state index contributed by atoms with van der Waals surface area (Å²) in [5, 5.41) is 8.64. The third-order valence-corrected chi connectivity index (χ3v) is 2.92. The first-order valence-corrected chi connectivity index (χ1v) is 6.36. The summed E-state index contributed by atoms with van der Waals surface area (Å²) in [6, 6.07) is 4.58. The molecule has 1 heterocycles. The lowest BCUT2D eigenvalue weighted by molar-refractivity contribution is -0.0391. The lowest BCUT2D eigenvalue weighted by Gasteiger charge is -2.22. The zero-order valence-corrected chi connectivity index (χ0v) is 10.7. The first-order valence-electron chi connectivity index (χ1n) is 6.36. The van der Waals surface area contributed by atoms with Crippen molar-refractivity contribution in [2.75, 3.05) is 19.8 Å². The summed E-state index contributed by atoms with van der Waals surface area (Å²) in [5.74, 6) is 4.87. The Bertz CT molecular complexity index is 470. The van der Waals surface area contributed by atoms with Gasteiger partial charge in [-0.25, -0.2) is 4.39 Å². The fourth-order valence-corrected chi connectivity index (χ4v) is 2.00. The summed E-state index contributed by atoms with van der Waals surface area (Å²) in [6.07, 6.45) is 1.95. The van der Waals surface area contributed by atoms with Crippen molar-refractivity contribution in [1.29, 1.82) is 0 Å². The highest BCUT2D eigenvalue weighted by atomic mass is 19.1. The van der Waals surface area contributed by atoms with Gasteiger partial charge in [0.25, 0.3) is 0 Å². The molecule has 3 nitrogen and oxygen atoms in total. The van der Waals surface area contributed by atoms with Crippen molar-refractivity contribution in [3.8, 4) is 11.8 Å². The summed E-state index contributed by atoms with van der Waals surface area (Å²) in [6.45, 7) is 1.59. The predicted octanol–water partition coefficient (Wildman–Crippen LogP) is 1.87. The second kappa shape index (κ2) is 7.25. The Morgan fingerprint density at radius 1 is 1.32 bits per heavy atom. The van der Waals surface area contributed by atoms with E-state index in [0.717, 1.165) is 31.6 Å². The van der Waals surface area contributed by atoms with Crippen LogP contribution in [0.2, 0.25) is 0 Å². The van der Waals surface area contributed by atoms with Crippen molar-refractivity contribution in [3.05, 3.63) is 35.1 Å². The molecule has 1 N–H and O–H groups in total. The molecule has 0 radical (unpaired) electrons. The standard InChI is InChI=1S/C15H17FO3/c16-14-9-12(2-1-5-17)8-13(10-14)11-19-15-3-6-18-7-4-15/h8-10,15,17H,3-7,11H2. The zero-order valence-electron chi connectivity index (χ0n) is 10.7. The van der Waals surface area contributed by atoms with Crippen LogP contribution in [0.15, 0.2) is 18.2 Å². The monoisotopic (exact) mass is 264 g/mol. The van der Waals surface area contributed by atoms with Crippen LogP contribution < -0.4 is 0 Å². The lowest BCUT2D eigenvalue weighted by atomic mass is 10.1. The number of halogens is 1. The minimum Gasteiger partial charge on any atom is -0.384 e. The highest BCUT2D eigenvalue weighted by Gasteiger charge is 2.14. The van der Waals surface area contributed by atoms with Gasteiger partial charge in [0.15, 0.2) is 0 Å². The van der Waals surface area contributed by atoms with Gasteiger partial charge in [0, 0.05) is 18.8 Å². The molecule has 1 fully saturated rings. The predicted molar refractivity (Wildman–Crippen MR) is 69.0 cm³/mol. The van der Waals surface area contributed by atoms with E-state index in [1.54, 1.807) is 6.07 Å². The summed E-state index contributed by atoms with van der Waals surface area (Å²) >= 11 is 0. The normalized spacial score (nSPS) is 15.9. The molecule has 1 saturated heterocycles. The molecule has 0 bridgehead atoms. The van der Waals surface area contributed by atoms with Crippen LogP contribution in [0.5, 0.6) is 0 Å². The topological polar surface area (TPSA) is 38.7 Å². The molecule has 0 amide bonds. The summed E-state index contributed by atoms with van der Waals surface area (Å²) in [4.78, 5) is 0. The van der Waals surface area contributed by atoms with E-state index in [4.69, 9.17) is 14.6 Å². The maximum Gasteiger partial charge on any atom is 0.124 e. The van der Waals surface area contributed by atoms with Crippen molar-refractivity contribution < 1.29 is 19.0 Å². The first kappa shape index (κ1) is 14.0. The van der Waals surface area contributed by atoms with Gasteiger partial charge in [-0.05, 0) is 36.6 Å². The van der Waals surface area contributed by atoms with Crippen molar-refractivity contribution in [2.45, 2.75) is 25.6 Å². The van der Waals surface area contributed by atoms with Crippen LogP contribution >= 0.6 is 0 Å². The average Bonchev–Trinajstić information content (AvgIpc) is 2.43. The number of benzene rings is 1. The molecular formula is C15H17FO3. The van der Waals surface area contributed by atoms with Crippen LogP contribution in [0.1, 0.15) is 24.0 Å². The highest BCUT2D eigenvalue weighted by molar-refractivity contribution is 5.37. The molecular weight excluding hydrogens is 247 g/mol. The largest absolute Gasteiger partial charge is 0.384 e. The minimum atomic E-state index is -0.338. The Hall–Kier alpha value is -1.41. The van der Waals surface area contributed by atoms with Crippen LogP contribution in [0.3, 0.4) is 0 Å². The van der Waals surface area contributed by atoms with Gasteiger partial charge in [-0.1, -0.05) is 11.8 Å². The Morgan fingerprint density at radius 3 is 2.84 bits per heavy atom. The van der Waals surface area contributed by atoms with Gasteiger partial charge >= 0.3 is 0 Å². The van der Waals surface area contributed by atoms with E-state index >= 15 is 0 Å².